The average molecular weight is 405 g/mol. The minimum atomic E-state index is -0.555. The second-order valence-electron chi connectivity index (χ2n) is 7.56. The molecule has 0 fully saturated rings. The van der Waals surface area contributed by atoms with Gasteiger partial charge in [0.15, 0.2) is 0 Å². The van der Waals surface area contributed by atoms with Crippen molar-refractivity contribution >= 4 is 0 Å². The molecular weight excluding hydrogens is 356 g/mol. The topological polar surface area (TPSA) is 57.2 Å². The van der Waals surface area contributed by atoms with Gasteiger partial charge in [-0.3, -0.25) is 0 Å². The first-order chi connectivity index (χ1) is 13.8. The largest absolute Gasteiger partial charge is 0.388 e. The first kappa shape index (κ1) is 27.8. The van der Waals surface area contributed by atoms with E-state index in [4.69, 9.17) is 18.9 Å². The van der Waals surface area contributed by atoms with Gasteiger partial charge < -0.3 is 24.1 Å². The van der Waals surface area contributed by atoms with E-state index < -0.39 is 6.10 Å². The highest BCUT2D eigenvalue weighted by molar-refractivity contribution is 4.52. The van der Waals surface area contributed by atoms with Gasteiger partial charge in [-0.15, -0.1) is 0 Å². The van der Waals surface area contributed by atoms with Crippen LogP contribution >= 0.6 is 0 Å². The molecule has 0 heterocycles. The summed E-state index contributed by atoms with van der Waals surface area (Å²) in [5.74, 6) is 0. The lowest BCUT2D eigenvalue weighted by Gasteiger charge is -2.12. The van der Waals surface area contributed by atoms with Gasteiger partial charge in [0.25, 0.3) is 0 Å². The summed E-state index contributed by atoms with van der Waals surface area (Å²) in [6, 6.07) is 0. The number of hydrogen-bond acceptors (Lipinski definition) is 5. The molecule has 0 aromatic heterocycles. The van der Waals surface area contributed by atoms with Crippen molar-refractivity contribution in [3.63, 3.8) is 0 Å². The SMILES string of the molecule is CCCCCCCCOCCOCCOCC(O)COCCCCCCCC. The predicted octanol–water partition coefficient (Wildman–Crippen LogP) is 5.13. The summed E-state index contributed by atoms with van der Waals surface area (Å²) in [6.45, 7) is 8.94. The van der Waals surface area contributed by atoms with E-state index in [1.165, 1.54) is 64.2 Å². The van der Waals surface area contributed by atoms with Crippen LogP contribution in [-0.4, -0.2) is 64.1 Å². The summed E-state index contributed by atoms with van der Waals surface area (Å²) < 4.78 is 21.9. The Morgan fingerprint density at radius 3 is 1.36 bits per heavy atom. The van der Waals surface area contributed by atoms with E-state index in [1.807, 2.05) is 0 Å². The molecule has 1 unspecified atom stereocenters. The van der Waals surface area contributed by atoms with Crippen LogP contribution in [0, 0.1) is 0 Å². The fourth-order valence-corrected chi connectivity index (χ4v) is 2.90. The van der Waals surface area contributed by atoms with Crippen molar-refractivity contribution in [2.75, 3.05) is 52.9 Å². The van der Waals surface area contributed by atoms with Gasteiger partial charge in [0.2, 0.25) is 0 Å². The molecule has 170 valence electrons. The van der Waals surface area contributed by atoms with Gasteiger partial charge in [-0.05, 0) is 12.8 Å². The van der Waals surface area contributed by atoms with Gasteiger partial charge in [-0.2, -0.15) is 0 Å². The minimum Gasteiger partial charge on any atom is -0.388 e. The van der Waals surface area contributed by atoms with E-state index in [9.17, 15) is 5.11 Å². The lowest BCUT2D eigenvalue weighted by Crippen LogP contribution is -2.23. The third kappa shape index (κ3) is 23.8. The second-order valence-corrected chi connectivity index (χ2v) is 7.56. The molecule has 0 bridgehead atoms. The minimum absolute atomic E-state index is 0.300. The Bertz CT molecular complexity index is 276. The van der Waals surface area contributed by atoms with Crippen molar-refractivity contribution in [2.45, 2.75) is 97.0 Å². The molecule has 0 aromatic carbocycles. The number of ether oxygens (including phenoxy) is 4. The van der Waals surface area contributed by atoms with Gasteiger partial charge in [-0.25, -0.2) is 0 Å². The number of aliphatic hydroxyl groups is 1. The highest BCUT2D eigenvalue weighted by Crippen LogP contribution is 2.05. The summed E-state index contributed by atoms with van der Waals surface area (Å²) in [5.41, 5.74) is 0. The van der Waals surface area contributed by atoms with Crippen LogP contribution in [-0.2, 0) is 18.9 Å². The molecule has 0 aliphatic carbocycles. The van der Waals surface area contributed by atoms with Crippen molar-refractivity contribution in [3.05, 3.63) is 0 Å². The zero-order valence-electron chi connectivity index (χ0n) is 18.8. The molecule has 0 saturated heterocycles. The van der Waals surface area contributed by atoms with Crippen LogP contribution in [0.2, 0.25) is 0 Å². The van der Waals surface area contributed by atoms with Crippen molar-refractivity contribution in [1.29, 1.82) is 0 Å². The van der Waals surface area contributed by atoms with E-state index >= 15 is 0 Å². The Labute approximate surface area is 174 Å². The number of hydrogen-bond donors (Lipinski definition) is 1. The lowest BCUT2D eigenvalue weighted by molar-refractivity contribution is -0.0369. The number of aliphatic hydroxyl groups excluding tert-OH is 1. The van der Waals surface area contributed by atoms with E-state index in [2.05, 4.69) is 13.8 Å². The lowest BCUT2D eigenvalue weighted by atomic mass is 10.1. The van der Waals surface area contributed by atoms with Crippen LogP contribution < -0.4 is 0 Å². The molecular formula is C23H48O5. The van der Waals surface area contributed by atoms with Crippen LogP contribution in [0.3, 0.4) is 0 Å². The molecule has 0 aliphatic heterocycles. The third-order valence-corrected chi connectivity index (χ3v) is 4.65. The smallest absolute Gasteiger partial charge is 0.101 e. The second kappa shape index (κ2) is 24.8. The van der Waals surface area contributed by atoms with Crippen LogP contribution in [0.25, 0.3) is 0 Å². The standard InChI is InChI=1S/C23H48O5/c1-3-5-7-9-11-13-15-25-17-18-26-19-20-28-22-23(24)21-27-16-14-12-10-8-6-4-2/h23-24H,3-22H2,1-2H3. The number of rotatable bonds is 24. The van der Waals surface area contributed by atoms with Gasteiger partial charge >= 0.3 is 0 Å². The monoisotopic (exact) mass is 404 g/mol. The van der Waals surface area contributed by atoms with Crippen molar-refractivity contribution in [1.82, 2.24) is 0 Å². The Morgan fingerprint density at radius 1 is 0.464 bits per heavy atom. The van der Waals surface area contributed by atoms with E-state index in [1.54, 1.807) is 0 Å². The molecule has 1 N–H and O–H groups in total. The zero-order chi connectivity index (χ0) is 20.5. The summed E-state index contributed by atoms with van der Waals surface area (Å²) in [7, 11) is 0. The average Bonchev–Trinajstić information content (AvgIpc) is 2.70. The van der Waals surface area contributed by atoms with Crippen molar-refractivity contribution < 1.29 is 24.1 Å². The first-order valence-corrected chi connectivity index (χ1v) is 11.8. The molecule has 5 heteroatoms. The Balaban J connectivity index is 3.11. The molecule has 0 rings (SSSR count). The van der Waals surface area contributed by atoms with E-state index in [-0.39, 0.29) is 0 Å². The first-order valence-electron chi connectivity index (χ1n) is 11.8. The van der Waals surface area contributed by atoms with Crippen LogP contribution in [0.15, 0.2) is 0 Å². The Kier molecular flexibility index (Phi) is 24.7. The summed E-state index contributed by atoms with van der Waals surface area (Å²) >= 11 is 0. The molecule has 1 atom stereocenters. The van der Waals surface area contributed by atoms with Crippen LogP contribution in [0.4, 0.5) is 0 Å². The molecule has 5 nitrogen and oxygen atoms in total. The fourth-order valence-electron chi connectivity index (χ4n) is 2.90. The Hall–Kier alpha value is -0.200. The number of unbranched alkanes of at least 4 members (excludes halogenated alkanes) is 10. The fraction of sp³-hybridized carbons (Fsp3) is 1.00. The maximum Gasteiger partial charge on any atom is 0.101 e. The van der Waals surface area contributed by atoms with Crippen LogP contribution in [0.5, 0.6) is 0 Å². The van der Waals surface area contributed by atoms with E-state index in [0.29, 0.717) is 39.6 Å². The van der Waals surface area contributed by atoms with Gasteiger partial charge in [0, 0.05) is 13.2 Å². The molecule has 0 aliphatic rings. The normalized spacial score (nSPS) is 12.5. The Morgan fingerprint density at radius 2 is 0.821 bits per heavy atom. The van der Waals surface area contributed by atoms with Gasteiger partial charge in [-0.1, -0.05) is 78.1 Å². The highest BCUT2D eigenvalue weighted by atomic mass is 16.5. The quantitative estimate of drug-likeness (QED) is 0.226. The summed E-state index contributed by atoms with van der Waals surface area (Å²) in [4.78, 5) is 0. The summed E-state index contributed by atoms with van der Waals surface area (Å²) in [6.07, 6.45) is 14.7. The zero-order valence-corrected chi connectivity index (χ0v) is 18.8. The van der Waals surface area contributed by atoms with E-state index in [0.717, 1.165) is 26.1 Å². The van der Waals surface area contributed by atoms with Gasteiger partial charge in [0.1, 0.15) is 6.10 Å². The maximum atomic E-state index is 9.80. The molecule has 0 radical (unpaired) electrons. The molecule has 0 amide bonds. The molecule has 0 spiro atoms. The third-order valence-electron chi connectivity index (χ3n) is 4.65. The van der Waals surface area contributed by atoms with Crippen LogP contribution in [0.1, 0.15) is 90.9 Å². The predicted molar refractivity (Wildman–Crippen MR) is 116 cm³/mol. The molecule has 0 saturated carbocycles. The van der Waals surface area contributed by atoms with Crippen molar-refractivity contribution in [2.24, 2.45) is 0 Å². The van der Waals surface area contributed by atoms with Gasteiger partial charge in [0.05, 0.1) is 39.6 Å². The molecule has 0 aromatic rings. The summed E-state index contributed by atoms with van der Waals surface area (Å²) in [5, 5.41) is 9.80. The van der Waals surface area contributed by atoms with Crippen molar-refractivity contribution in [3.8, 4) is 0 Å². The molecule has 28 heavy (non-hydrogen) atoms. The maximum absolute atomic E-state index is 9.80. The highest BCUT2D eigenvalue weighted by Gasteiger charge is 2.04.